The van der Waals surface area contributed by atoms with Crippen LogP contribution >= 0.6 is 11.6 Å². The highest BCUT2D eigenvalue weighted by atomic mass is 35.5. The quantitative estimate of drug-likeness (QED) is 0.680. The predicted molar refractivity (Wildman–Crippen MR) is 113 cm³/mol. The summed E-state index contributed by atoms with van der Waals surface area (Å²) in [4.78, 5) is 17.5. The molecule has 3 aromatic rings. The van der Waals surface area contributed by atoms with Gasteiger partial charge in [0.25, 0.3) is 5.91 Å². The van der Waals surface area contributed by atoms with E-state index in [2.05, 4.69) is 10.4 Å². The predicted octanol–water partition coefficient (Wildman–Crippen LogP) is 4.33. The molecular weight excluding hydrogens is 388 g/mol. The summed E-state index contributed by atoms with van der Waals surface area (Å²) in [6.45, 7) is 1.73. The van der Waals surface area contributed by atoms with E-state index < -0.39 is 0 Å². The lowest BCUT2D eigenvalue weighted by Crippen LogP contribution is -2.45. The van der Waals surface area contributed by atoms with Crippen molar-refractivity contribution in [3.05, 3.63) is 65.4 Å². The molecule has 1 N–H and O–H groups in total. The number of aromatic nitrogens is 2. The molecule has 0 unspecified atom stereocenters. The van der Waals surface area contributed by atoms with Crippen molar-refractivity contribution < 1.29 is 9.53 Å². The van der Waals surface area contributed by atoms with Gasteiger partial charge in [-0.1, -0.05) is 30.2 Å². The molecule has 2 heterocycles. The number of ether oxygens (including phenoxy) is 1. The maximum Gasteiger partial charge on any atom is 0.285 e. The topological polar surface area (TPSA) is 59.4 Å². The Morgan fingerprint density at radius 3 is 2.59 bits per heavy atom. The van der Waals surface area contributed by atoms with Gasteiger partial charge in [-0.15, -0.1) is 0 Å². The first kappa shape index (κ1) is 19.5. The lowest BCUT2D eigenvalue weighted by molar-refractivity contribution is 0.0745. The van der Waals surface area contributed by atoms with Crippen molar-refractivity contribution in [3.63, 3.8) is 0 Å². The van der Waals surface area contributed by atoms with E-state index in [1.165, 1.54) is 6.42 Å². The van der Waals surface area contributed by atoms with Crippen LogP contribution < -0.4 is 10.2 Å². The maximum absolute atomic E-state index is 12.8. The van der Waals surface area contributed by atoms with E-state index in [9.17, 15) is 4.79 Å². The van der Waals surface area contributed by atoms with Gasteiger partial charge >= 0.3 is 0 Å². The number of benzene rings is 2. The van der Waals surface area contributed by atoms with Crippen LogP contribution in [0.1, 0.15) is 29.8 Å². The first-order valence-corrected chi connectivity index (χ1v) is 10.1. The number of halogens is 1. The first-order chi connectivity index (χ1) is 14.1. The van der Waals surface area contributed by atoms with Crippen LogP contribution in [0.4, 0.5) is 0 Å². The van der Waals surface area contributed by atoms with Crippen molar-refractivity contribution in [2.75, 3.05) is 20.2 Å². The number of methoxy groups -OCH3 is 1. The number of imidazole rings is 1. The van der Waals surface area contributed by atoms with Crippen molar-refractivity contribution in [1.82, 2.24) is 20.0 Å². The second-order valence-electron chi connectivity index (χ2n) is 7.02. The second-order valence-corrected chi connectivity index (χ2v) is 7.45. The summed E-state index contributed by atoms with van der Waals surface area (Å²) in [5.41, 5.74) is 5.08. The van der Waals surface area contributed by atoms with Crippen molar-refractivity contribution in [2.24, 2.45) is 0 Å². The molecule has 7 heteroatoms. The zero-order valence-electron chi connectivity index (χ0n) is 16.3. The van der Waals surface area contributed by atoms with Crippen LogP contribution in [0.25, 0.3) is 17.1 Å². The lowest BCUT2D eigenvalue weighted by Gasteiger charge is -2.26. The normalized spacial score (nSPS) is 14.6. The van der Waals surface area contributed by atoms with Gasteiger partial charge in [0, 0.05) is 35.6 Å². The third-order valence-corrected chi connectivity index (χ3v) is 5.24. The molecule has 0 saturated carbocycles. The monoisotopic (exact) mass is 410 g/mol. The Balaban J connectivity index is 1.71. The van der Waals surface area contributed by atoms with Gasteiger partial charge in [-0.05, 0) is 49.2 Å². The summed E-state index contributed by atoms with van der Waals surface area (Å²) < 4.78 is 7.25. The fourth-order valence-corrected chi connectivity index (χ4v) is 3.59. The van der Waals surface area contributed by atoms with Crippen LogP contribution in [0.5, 0.6) is 5.75 Å². The number of amides is 1. The molecule has 29 heavy (non-hydrogen) atoms. The Hall–Kier alpha value is -2.83. The van der Waals surface area contributed by atoms with Crippen LogP contribution in [0, 0.1) is 0 Å². The Kier molecular flexibility index (Phi) is 5.83. The minimum atomic E-state index is -0.205. The van der Waals surface area contributed by atoms with Gasteiger partial charge in [0.1, 0.15) is 17.3 Å². The summed E-state index contributed by atoms with van der Waals surface area (Å²) in [7, 11) is 1.63. The summed E-state index contributed by atoms with van der Waals surface area (Å²) in [6.07, 6.45) is 5.15. The highest BCUT2D eigenvalue weighted by Crippen LogP contribution is 2.27. The molecule has 150 valence electrons. The summed E-state index contributed by atoms with van der Waals surface area (Å²) in [5, 5.41) is 2.62. The number of piperidine rings is 1. The Labute approximate surface area is 175 Å². The van der Waals surface area contributed by atoms with Crippen molar-refractivity contribution in [2.45, 2.75) is 19.3 Å². The summed E-state index contributed by atoms with van der Waals surface area (Å²) in [6, 6.07) is 15.1. The fraction of sp³-hybridized carbons (Fsp3) is 0.273. The molecule has 6 nitrogen and oxygen atoms in total. The molecule has 1 fully saturated rings. The highest BCUT2D eigenvalue weighted by Gasteiger charge is 2.20. The molecule has 2 aromatic carbocycles. The zero-order valence-corrected chi connectivity index (χ0v) is 17.0. The number of hydrogen-bond donors (Lipinski definition) is 1. The minimum absolute atomic E-state index is 0.205. The van der Waals surface area contributed by atoms with Gasteiger partial charge < -0.3 is 4.74 Å². The van der Waals surface area contributed by atoms with E-state index >= 15 is 0 Å². The summed E-state index contributed by atoms with van der Waals surface area (Å²) in [5.74, 6) is 1.19. The minimum Gasteiger partial charge on any atom is -0.497 e. The first-order valence-electron chi connectivity index (χ1n) is 9.70. The number of carbonyl (C=O) groups is 1. The molecule has 1 amide bonds. The lowest BCUT2D eigenvalue weighted by atomic mass is 10.2. The van der Waals surface area contributed by atoms with Crippen molar-refractivity contribution >= 4 is 17.5 Å². The molecule has 4 rings (SSSR count). The van der Waals surface area contributed by atoms with Gasteiger partial charge in [0.2, 0.25) is 0 Å². The third-order valence-electron chi connectivity index (χ3n) is 4.99. The summed E-state index contributed by atoms with van der Waals surface area (Å²) >= 11 is 6.05. The average Bonchev–Trinajstić information content (AvgIpc) is 3.21. The number of hydrogen-bond acceptors (Lipinski definition) is 4. The van der Waals surface area contributed by atoms with E-state index in [0.717, 1.165) is 42.9 Å². The average molecular weight is 411 g/mol. The molecule has 0 radical (unpaired) electrons. The second kappa shape index (κ2) is 8.68. The molecule has 1 saturated heterocycles. The van der Waals surface area contributed by atoms with Crippen LogP contribution in [-0.4, -0.2) is 40.7 Å². The van der Waals surface area contributed by atoms with Gasteiger partial charge in [-0.2, -0.15) is 0 Å². The van der Waals surface area contributed by atoms with Crippen LogP contribution in [0.3, 0.4) is 0 Å². The molecule has 1 aliphatic heterocycles. The standard InChI is InChI=1S/C22H23ClN4O2/c1-29-19-7-5-6-16(14-19)21-24-20(22(28)25-26-12-3-2-4-13-26)15-27(21)18-10-8-17(23)9-11-18/h5-11,14-15H,2-4,12-13H2,1H3,(H,25,28). The number of nitrogens with zero attached hydrogens (tertiary/aromatic N) is 3. The number of nitrogens with one attached hydrogen (secondary N) is 1. The number of rotatable bonds is 5. The third kappa shape index (κ3) is 4.44. The van der Waals surface area contributed by atoms with E-state index in [1.807, 2.05) is 58.1 Å². The molecular formula is C22H23ClN4O2. The Morgan fingerprint density at radius 2 is 1.86 bits per heavy atom. The molecule has 1 aromatic heterocycles. The molecule has 0 spiro atoms. The largest absolute Gasteiger partial charge is 0.497 e. The fourth-order valence-electron chi connectivity index (χ4n) is 3.46. The number of hydrazine groups is 1. The van der Waals surface area contributed by atoms with Gasteiger partial charge in [0.05, 0.1) is 7.11 Å². The maximum atomic E-state index is 12.8. The molecule has 1 aliphatic rings. The SMILES string of the molecule is COc1cccc(-c2nc(C(=O)NN3CCCCC3)cn2-c2ccc(Cl)cc2)c1. The highest BCUT2D eigenvalue weighted by molar-refractivity contribution is 6.30. The van der Waals surface area contributed by atoms with Crippen LogP contribution in [0.15, 0.2) is 54.7 Å². The Morgan fingerprint density at radius 1 is 1.10 bits per heavy atom. The van der Waals surface area contributed by atoms with Gasteiger partial charge in [-0.3, -0.25) is 14.8 Å². The van der Waals surface area contributed by atoms with Gasteiger partial charge in [0.15, 0.2) is 0 Å². The van der Waals surface area contributed by atoms with E-state index in [1.54, 1.807) is 13.3 Å². The smallest absolute Gasteiger partial charge is 0.285 e. The Bertz CT molecular complexity index is 994. The van der Waals surface area contributed by atoms with E-state index in [4.69, 9.17) is 16.3 Å². The van der Waals surface area contributed by atoms with Crippen LogP contribution in [-0.2, 0) is 0 Å². The van der Waals surface area contributed by atoms with Crippen molar-refractivity contribution in [1.29, 1.82) is 0 Å². The van der Waals surface area contributed by atoms with Crippen molar-refractivity contribution in [3.8, 4) is 22.8 Å². The van der Waals surface area contributed by atoms with E-state index in [0.29, 0.717) is 16.5 Å². The van der Waals surface area contributed by atoms with Gasteiger partial charge in [-0.25, -0.2) is 9.99 Å². The number of carbonyl (C=O) groups excluding carboxylic acids is 1. The van der Waals surface area contributed by atoms with E-state index in [-0.39, 0.29) is 5.91 Å². The zero-order chi connectivity index (χ0) is 20.2. The molecule has 0 atom stereocenters. The molecule has 0 bridgehead atoms. The molecule has 0 aliphatic carbocycles. The van der Waals surface area contributed by atoms with Crippen LogP contribution in [0.2, 0.25) is 5.02 Å².